The van der Waals surface area contributed by atoms with E-state index in [1.54, 1.807) is 0 Å². The maximum atomic E-state index is 11.6. The minimum Gasteiger partial charge on any atom is -0.506 e. The molecule has 1 rings (SSSR count). The number of benzene rings is 1. The zero-order valence-corrected chi connectivity index (χ0v) is 11.7. The topological polar surface area (TPSA) is 223 Å². The molecular weight excluding hydrogens is 344 g/mol. The van der Waals surface area contributed by atoms with E-state index in [0.29, 0.717) is 12.1 Å². The van der Waals surface area contributed by atoms with Gasteiger partial charge < -0.3 is 10.2 Å². The fourth-order valence-corrected chi connectivity index (χ4v) is 2.89. The van der Waals surface area contributed by atoms with Gasteiger partial charge in [-0.05, 0) is 23.2 Å². The fourth-order valence-electron chi connectivity index (χ4n) is 1.28. The Kier molecular flexibility index (Phi) is 4.49. The molecule has 2 N–H and O–H groups in total. The molecule has 0 atom stereocenters. The molecule has 0 aliphatic heterocycles. The van der Waals surface area contributed by atoms with Gasteiger partial charge in [-0.2, -0.15) is 0 Å². The lowest BCUT2D eigenvalue weighted by Gasteiger charge is -2.08. The smallest absolute Gasteiger partial charge is 0.339 e. The van der Waals surface area contributed by atoms with Gasteiger partial charge in [-0.25, -0.2) is 21.6 Å². The average Bonchev–Trinajstić information content (AvgIpc) is 2.37. The Hall–Kier alpha value is -2.99. The number of carboxylic acids is 1. The first-order chi connectivity index (χ1) is 10.1. The van der Waals surface area contributed by atoms with Crippen LogP contribution in [-0.4, -0.2) is 33.0 Å². The van der Waals surface area contributed by atoms with Crippen molar-refractivity contribution in [2.24, 2.45) is 9.04 Å². The molecule has 0 radical (unpaired) electrons. The van der Waals surface area contributed by atoms with Crippen molar-refractivity contribution in [1.82, 2.24) is 0 Å². The van der Waals surface area contributed by atoms with Crippen LogP contribution in [0.2, 0.25) is 0 Å². The summed E-state index contributed by atoms with van der Waals surface area (Å²) in [5.74, 6) is -3.20. The van der Waals surface area contributed by atoms with E-state index in [0.717, 1.165) is 0 Å². The number of carboxylic acid groups (broad SMARTS) is 1. The minimum absolute atomic E-state index is 0.301. The van der Waals surface area contributed by atoms with Gasteiger partial charge >= 0.3 is 5.97 Å². The Labute approximate surface area is 121 Å². The van der Waals surface area contributed by atoms with Gasteiger partial charge in [-0.15, -0.1) is 0 Å². The first kappa shape index (κ1) is 17.1. The Morgan fingerprint density at radius 2 is 1.55 bits per heavy atom. The van der Waals surface area contributed by atoms with E-state index in [-0.39, 0.29) is 0 Å². The molecule has 22 heavy (non-hydrogen) atoms. The van der Waals surface area contributed by atoms with Crippen molar-refractivity contribution >= 4 is 26.0 Å². The molecule has 1 aromatic carbocycles. The molecule has 15 heteroatoms. The quantitative estimate of drug-likeness (QED) is 0.446. The lowest BCUT2D eigenvalue weighted by atomic mass is 10.2. The van der Waals surface area contributed by atoms with Gasteiger partial charge in [0.05, 0.1) is 4.90 Å². The molecule has 0 aliphatic rings. The summed E-state index contributed by atoms with van der Waals surface area (Å²) in [6.45, 7) is 0. The molecule has 0 aromatic heterocycles. The Morgan fingerprint density at radius 1 is 1.05 bits per heavy atom. The highest BCUT2D eigenvalue weighted by Gasteiger charge is 2.27. The summed E-state index contributed by atoms with van der Waals surface area (Å²) >= 11 is 0. The molecule has 0 unspecified atom stereocenters. The third-order valence-corrected chi connectivity index (χ3v) is 4.42. The van der Waals surface area contributed by atoms with Crippen LogP contribution in [0.5, 0.6) is 5.75 Å². The zero-order valence-electron chi connectivity index (χ0n) is 10.1. The number of aromatic hydroxyl groups is 1. The molecule has 0 spiro atoms. The predicted octanol–water partition coefficient (Wildman–Crippen LogP) is 1.09. The number of azide groups is 2. The predicted molar refractivity (Wildman–Crippen MR) is 67.7 cm³/mol. The van der Waals surface area contributed by atoms with Crippen molar-refractivity contribution in [2.75, 3.05) is 0 Å². The van der Waals surface area contributed by atoms with Crippen molar-refractivity contribution in [3.05, 3.63) is 38.6 Å². The number of rotatable bonds is 5. The standard InChI is InChI=1S/C7H4N6O7S2/c8-10-12-21(17,18)3-1-4(7(15)16)6(14)5(2-3)22(19,20)13-11-9/h1-2,14H,(H,15,16). The molecule has 0 amide bonds. The van der Waals surface area contributed by atoms with Gasteiger partial charge in [0, 0.05) is 18.9 Å². The third-order valence-electron chi connectivity index (χ3n) is 2.14. The molecule has 1 aromatic rings. The van der Waals surface area contributed by atoms with Crippen LogP contribution in [-0.2, 0) is 20.0 Å². The second-order valence-electron chi connectivity index (χ2n) is 3.42. The lowest BCUT2D eigenvalue weighted by molar-refractivity contribution is 0.0693. The van der Waals surface area contributed by atoms with E-state index >= 15 is 0 Å². The van der Waals surface area contributed by atoms with E-state index in [1.807, 2.05) is 9.82 Å². The molecule has 0 fully saturated rings. The zero-order chi connectivity index (χ0) is 17.1. The molecule has 0 saturated heterocycles. The van der Waals surface area contributed by atoms with Crippen LogP contribution >= 0.6 is 0 Å². The normalized spacial score (nSPS) is 11.1. The van der Waals surface area contributed by atoms with E-state index in [9.17, 15) is 26.7 Å². The van der Waals surface area contributed by atoms with Gasteiger partial charge in [-0.3, -0.25) is 0 Å². The first-order valence-corrected chi connectivity index (χ1v) is 7.68. The van der Waals surface area contributed by atoms with Crippen LogP contribution in [0.3, 0.4) is 0 Å². The van der Waals surface area contributed by atoms with Crippen LogP contribution in [0.1, 0.15) is 10.4 Å². The number of aromatic carboxylic acids is 1. The molecule has 0 bridgehead atoms. The van der Waals surface area contributed by atoms with E-state index in [4.69, 9.17) is 16.2 Å². The van der Waals surface area contributed by atoms with Gasteiger partial charge in [0.1, 0.15) is 16.2 Å². The third kappa shape index (κ3) is 3.18. The highest BCUT2D eigenvalue weighted by Crippen LogP contribution is 2.32. The van der Waals surface area contributed by atoms with Crippen LogP contribution in [0.4, 0.5) is 0 Å². The Morgan fingerprint density at radius 3 is 2.00 bits per heavy atom. The molecular formula is C7H4N6O7S2. The van der Waals surface area contributed by atoms with Gasteiger partial charge in [0.25, 0.3) is 20.0 Å². The average molecular weight is 348 g/mol. The Bertz CT molecular complexity index is 953. The summed E-state index contributed by atoms with van der Waals surface area (Å²) in [7, 11) is -9.65. The highest BCUT2D eigenvalue weighted by atomic mass is 32.2. The summed E-state index contributed by atoms with van der Waals surface area (Å²) < 4.78 is 51.1. The summed E-state index contributed by atoms with van der Waals surface area (Å²) in [5, 5.41) is 18.4. The van der Waals surface area contributed by atoms with Gasteiger partial charge in [0.2, 0.25) is 0 Å². The summed E-state index contributed by atoms with van der Waals surface area (Å²) in [6.07, 6.45) is 0. The summed E-state index contributed by atoms with van der Waals surface area (Å²) in [6, 6.07) is 0.687. The summed E-state index contributed by atoms with van der Waals surface area (Å²) in [5.41, 5.74) is 15.2. The van der Waals surface area contributed by atoms with Crippen LogP contribution in [0.15, 0.2) is 31.0 Å². The van der Waals surface area contributed by atoms with E-state index in [2.05, 4.69) is 9.04 Å². The number of nitrogens with zero attached hydrogens (tertiary/aromatic N) is 6. The van der Waals surface area contributed by atoms with E-state index < -0.39 is 47.1 Å². The monoisotopic (exact) mass is 348 g/mol. The largest absolute Gasteiger partial charge is 0.506 e. The van der Waals surface area contributed by atoms with Crippen molar-refractivity contribution < 1.29 is 31.8 Å². The number of hydrogen-bond donors (Lipinski definition) is 2. The second-order valence-corrected chi connectivity index (χ2v) is 6.55. The lowest BCUT2D eigenvalue weighted by Crippen LogP contribution is -2.07. The van der Waals surface area contributed by atoms with Gasteiger partial charge in [0.15, 0.2) is 0 Å². The van der Waals surface area contributed by atoms with Crippen molar-refractivity contribution in [2.45, 2.75) is 9.79 Å². The van der Waals surface area contributed by atoms with Gasteiger partial charge in [-0.1, -0.05) is 0 Å². The molecule has 13 nitrogen and oxygen atoms in total. The number of phenols is 1. The number of hydrogen-bond acceptors (Lipinski definition) is 6. The number of sulfonamides is 2. The molecule has 0 saturated carbocycles. The molecule has 0 heterocycles. The molecule has 116 valence electrons. The first-order valence-electron chi connectivity index (χ1n) is 4.80. The Balaban J connectivity index is 3.96. The van der Waals surface area contributed by atoms with Crippen molar-refractivity contribution in [3.8, 4) is 5.75 Å². The SMILES string of the molecule is [N-]=[N+]=NS(=O)(=O)c1cc(C(=O)O)c(O)c(S(=O)(=O)N=[N+]=[N-])c1. The van der Waals surface area contributed by atoms with E-state index in [1.165, 1.54) is 0 Å². The van der Waals surface area contributed by atoms with Crippen LogP contribution in [0, 0.1) is 0 Å². The minimum atomic E-state index is -4.90. The maximum absolute atomic E-state index is 11.6. The molecule has 0 aliphatic carbocycles. The maximum Gasteiger partial charge on any atom is 0.339 e. The van der Waals surface area contributed by atoms with Crippen molar-refractivity contribution in [3.63, 3.8) is 0 Å². The number of carbonyl (C=O) groups is 1. The van der Waals surface area contributed by atoms with Crippen LogP contribution in [0.25, 0.3) is 20.9 Å². The highest BCUT2D eigenvalue weighted by molar-refractivity contribution is 7.91. The second kappa shape index (κ2) is 5.79. The van der Waals surface area contributed by atoms with Crippen LogP contribution < -0.4 is 0 Å². The fraction of sp³-hybridized carbons (Fsp3) is 0. The van der Waals surface area contributed by atoms with Crippen molar-refractivity contribution in [1.29, 1.82) is 0 Å². The summed E-state index contributed by atoms with van der Waals surface area (Å²) in [4.78, 5) is 12.6.